The zero-order valence-corrected chi connectivity index (χ0v) is 11.4. The lowest BCUT2D eigenvalue weighted by atomic mass is 9.72. The Hall–Kier alpha value is -0.610. The van der Waals surface area contributed by atoms with Gasteiger partial charge in [-0.2, -0.15) is 0 Å². The van der Waals surface area contributed by atoms with Crippen LogP contribution in [0.1, 0.15) is 33.6 Å². The second kappa shape index (κ2) is 6.36. The van der Waals surface area contributed by atoms with Crippen LogP contribution in [-0.4, -0.2) is 31.7 Å². The van der Waals surface area contributed by atoms with E-state index in [0.29, 0.717) is 18.4 Å². The van der Waals surface area contributed by atoms with Crippen LogP contribution in [0.5, 0.6) is 0 Å². The van der Waals surface area contributed by atoms with Gasteiger partial charge in [0, 0.05) is 25.6 Å². The van der Waals surface area contributed by atoms with Crippen LogP contribution in [-0.2, 0) is 9.53 Å². The van der Waals surface area contributed by atoms with Gasteiger partial charge in [0.25, 0.3) is 0 Å². The molecule has 1 amide bonds. The molecule has 0 saturated heterocycles. The summed E-state index contributed by atoms with van der Waals surface area (Å²) in [7, 11) is 1.65. The Kier molecular flexibility index (Phi) is 5.40. The Morgan fingerprint density at radius 1 is 1.41 bits per heavy atom. The van der Waals surface area contributed by atoms with E-state index in [1.165, 1.54) is 0 Å². The minimum atomic E-state index is 0.0604. The fourth-order valence-corrected chi connectivity index (χ4v) is 2.51. The average Bonchev–Trinajstić information content (AvgIpc) is 2.30. The van der Waals surface area contributed by atoms with Crippen molar-refractivity contribution in [1.82, 2.24) is 5.32 Å². The number of rotatable bonds is 4. The van der Waals surface area contributed by atoms with Gasteiger partial charge in [-0.05, 0) is 31.6 Å². The molecule has 4 heteroatoms. The van der Waals surface area contributed by atoms with Crippen LogP contribution in [0.25, 0.3) is 0 Å². The molecule has 4 nitrogen and oxygen atoms in total. The molecule has 0 aromatic heterocycles. The Morgan fingerprint density at radius 2 is 2.06 bits per heavy atom. The van der Waals surface area contributed by atoms with E-state index in [4.69, 9.17) is 10.5 Å². The Morgan fingerprint density at radius 3 is 2.65 bits per heavy atom. The third-order valence-electron chi connectivity index (χ3n) is 3.99. The van der Waals surface area contributed by atoms with Crippen molar-refractivity contribution in [2.75, 3.05) is 13.7 Å². The molecule has 0 bridgehead atoms. The molecule has 1 aliphatic rings. The zero-order chi connectivity index (χ0) is 13.0. The summed E-state index contributed by atoms with van der Waals surface area (Å²) in [6, 6.07) is 0.154. The first-order valence-corrected chi connectivity index (χ1v) is 6.51. The quantitative estimate of drug-likeness (QED) is 0.777. The number of nitrogens with one attached hydrogen (secondary N) is 1. The molecule has 1 rings (SSSR count). The molecule has 1 fully saturated rings. The minimum absolute atomic E-state index is 0.0604. The summed E-state index contributed by atoms with van der Waals surface area (Å²) < 4.78 is 5.11. The van der Waals surface area contributed by atoms with Gasteiger partial charge in [0.2, 0.25) is 5.91 Å². The van der Waals surface area contributed by atoms with E-state index in [1.807, 2.05) is 6.92 Å². The van der Waals surface area contributed by atoms with Crippen LogP contribution in [0.15, 0.2) is 0 Å². The molecule has 5 atom stereocenters. The summed E-state index contributed by atoms with van der Waals surface area (Å²) in [4.78, 5) is 12.1. The van der Waals surface area contributed by atoms with Crippen molar-refractivity contribution in [3.63, 3.8) is 0 Å². The van der Waals surface area contributed by atoms with Crippen LogP contribution < -0.4 is 11.1 Å². The van der Waals surface area contributed by atoms with Crippen LogP contribution in [0, 0.1) is 17.8 Å². The van der Waals surface area contributed by atoms with Gasteiger partial charge in [0.05, 0.1) is 6.10 Å². The molecule has 0 aliphatic heterocycles. The van der Waals surface area contributed by atoms with Gasteiger partial charge in [0.15, 0.2) is 0 Å². The second-order valence-corrected chi connectivity index (χ2v) is 5.49. The standard InChI is InChI=1S/C13H26N2O2/c1-8-5-9(2)12(14)6-11(8)13(16)15-7-10(3)17-4/h8-12H,5-7,14H2,1-4H3,(H,15,16). The van der Waals surface area contributed by atoms with E-state index < -0.39 is 0 Å². The summed E-state index contributed by atoms with van der Waals surface area (Å²) in [5, 5.41) is 2.95. The number of methoxy groups -OCH3 is 1. The zero-order valence-electron chi connectivity index (χ0n) is 11.4. The average molecular weight is 242 g/mol. The van der Waals surface area contributed by atoms with Crippen molar-refractivity contribution < 1.29 is 9.53 Å². The van der Waals surface area contributed by atoms with Gasteiger partial charge in [0.1, 0.15) is 0 Å². The summed E-state index contributed by atoms with van der Waals surface area (Å²) in [5.74, 6) is 1.13. The van der Waals surface area contributed by atoms with Crippen molar-refractivity contribution in [3.8, 4) is 0 Å². The number of hydrogen-bond acceptors (Lipinski definition) is 3. The maximum Gasteiger partial charge on any atom is 0.223 e. The number of nitrogens with two attached hydrogens (primary N) is 1. The Labute approximate surface area is 104 Å². The highest BCUT2D eigenvalue weighted by Gasteiger charge is 2.34. The maximum absolute atomic E-state index is 12.1. The third-order valence-corrected chi connectivity index (χ3v) is 3.99. The summed E-state index contributed by atoms with van der Waals surface area (Å²) in [6.45, 7) is 6.83. The lowest BCUT2D eigenvalue weighted by Gasteiger charge is -2.36. The lowest BCUT2D eigenvalue weighted by molar-refractivity contribution is -0.128. The van der Waals surface area contributed by atoms with Gasteiger partial charge in [-0.25, -0.2) is 0 Å². The first kappa shape index (κ1) is 14.5. The van der Waals surface area contributed by atoms with E-state index in [1.54, 1.807) is 7.11 Å². The molecule has 1 saturated carbocycles. The van der Waals surface area contributed by atoms with Crippen molar-refractivity contribution >= 4 is 5.91 Å². The highest BCUT2D eigenvalue weighted by molar-refractivity contribution is 5.79. The molecule has 0 aromatic carbocycles. The first-order valence-electron chi connectivity index (χ1n) is 6.51. The largest absolute Gasteiger partial charge is 0.380 e. The van der Waals surface area contributed by atoms with Crippen LogP contribution in [0.4, 0.5) is 0 Å². The topological polar surface area (TPSA) is 64.3 Å². The molecule has 0 aromatic rings. The smallest absolute Gasteiger partial charge is 0.223 e. The fraction of sp³-hybridized carbons (Fsp3) is 0.923. The third kappa shape index (κ3) is 3.96. The van der Waals surface area contributed by atoms with Gasteiger partial charge >= 0.3 is 0 Å². The SMILES string of the molecule is COC(C)CNC(=O)C1CC(N)C(C)CC1C. The summed E-state index contributed by atoms with van der Waals surface area (Å²) >= 11 is 0. The second-order valence-electron chi connectivity index (χ2n) is 5.49. The Bertz CT molecular complexity index is 258. The fourth-order valence-electron chi connectivity index (χ4n) is 2.51. The predicted octanol–water partition coefficient (Wildman–Crippen LogP) is 1.15. The first-order chi connectivity index (χ1) is 7.95. The van der Waals surface area contributed by atoms with Gasteiger partial charge in [-0.1, -0.05) is 13.8 Å². The Balaban J connectivity index is 2.45. The molecule has 0 heterocycles. The van der Waals surface area contributed by atoms with E-state index in [-0.39, 0.29) is 24.0 Å². The molecule has 5 unspecified atom stereocenters. The maximum atomic E-state index is 12.1. The van der Waals surface area contributed by atoms with Gasteiger partial charge in [-0.15, -0.1) is 0 Å². The molecule has 100 valence electrons. The number of ether oxygens (including phenoxy) is 1. The van der Waals surface area contributed by atoms with Crippen molar-refractivity contribution in [1.29, 1.82) is 0 Å². The van der Waals surface area contributed by atoms with Crippen LogP contribution in [0.3, 0.4) is 0 Å². The molecular weight excluding hydrogens is 216 g/mol. The molecule has 3 N–H and O–H groups in total. The van der Waals surface area contributed by atoms with E-state index in [9.17, 15) is 4.79 Å². The normalized spacial score (nSPS) is 35.4. The van der Waals surface area contributed by atoms with Crippen molar-refractivity contribution in [3.05, 3.63) is 0 Å². The van der Waals surface area contributed by atoms with Gasteiger partial charge in [-0.3, -0.25) is 4.79 Å². The number of hydrogen-bond donors (Lipinski definition) is 2. The monoisotopic (exact) mass is 242 g/mol. The minimum Gasteiger partial charge on any atom is -0.380 e. The highest BCUT2D eigenvalue weighted by Crippen LogP contribution is 2.32. The predicted molar refractivity (Wildman–Crippen MR) is 68.5 cm³/mol. The van der Waals surface area contributed by atoms with E-state index >= 15 is 0 Å². The molecule has 0 radical (unpaired) electrons. The van der Waals surface area contributed by atoms with Crippen molar-refractivity contribution in [2.45, 2.75) is 45.8 Å². The highest BCUT2D eigenvalue weighted by atomic mass is 16.5. The molecular formula is C13H26N2O2. The molecule has 1 aliphatic carbocycles. The number of carbonyl (C=O) groups is 1. The summed E-state index contributed by atoms with van der Waals surface area (Å²) in [5.41, 5.74) is 6.05. The molecule has 0 spiro atoms. The number of carbonyl (C=O) groups excluding carboxylic acids is 1. The summed E-state index contributed by atoms with van der Waals surface area (Å²) in [6.07, 6.45) is 1.90. The number of amides is 1. The van der Waals surface area contributed by atoms with Crippen LogP contribution >= 0.6 is 0 Å². The van der Waals surface area contributed by atoms with Crippen molar-refractivity contribution in [2.24, 2.45) is 23.5 Å². The van der Waals surface area contributed by atoms with E-state index in [2.05, 4.69) is 19.2 Å². The lowest BCUT2D eigenvalue weighted by Crippen LogP contribution is -2.46. The van der Waals surface area contributed by atoms with Crippen LogP contribution in [0.2, 0.25) is 0 Å². The van der Waals surface area contributed by atoms with Gasteiger partial charge < -0.3 is 15.8 Å². The van der Waals surface area contributed by atoms with E-state index in [0.717, 1.165) is 12.8 Å². The molecule has 17 heavy (non-hydrogen) atoms.